The summed E-state index contributed by atoms with van der Waals surface area (Å²) < 4.78 is 1.08. The van der Waals surface area contributed by atoms with E-state index >= 15 is 0 Å². The first-order valence-corrected chi connectivity index (χ1v) is 7.01. The number of halogens is 1. The molecule has 4 heteroatoms. The van der Waals surface area contributed by atoms with Crippen LogP contribution in [0.5, 0.6) is 0 Å². The van der Waals surface area contributed by atoms with Crippen molar-refractivity contribution in [1.29, 1.82) is 0 Å². The molecule has 2 aromatic rings. The Morgan fingerprint density at radius 3 is 2.67 bits per heavy atom. The van der Waals surface area contributed by atoms with Gasteiger partial charge >= 0.3 is 0 Å². The summed E-state index contributed by atoms with van der Waals surface area (Å²) in [6.07, 6.45) is 1.91. The number of aromatic nitrogens is 1. The first kappa shape index (κ1) is 11.9. The van der Waals surface area contributed by atoms with Crippen molar-refractivity contribution in [2.24, 2.45) is 0 Å². The summed E-state index contributed by atoms with van der Waals surface area (Å²) in [5.74, 6) is 0. The molecule has 0 aliphatic carbocycles. The third-order valence-corrected chi connectivity index (χ3v) is 4.02. The minimum absolute atomic E-state index is 1.06. The Hall–Kier alpha value is -1.13. The number of hydrogen-bond donors (Lipinski definition) is 0. The molecule has 1 aliphatic rings. The number of nitrogens with zero attached hydrogens (tertiary/aromatic N) is 3. The van der Waals surface area contributed by atoms with E-state index in [9.17, 15) is 0 Å². The molecule has 0 spiro atoms. The molecule has 94 valence electrons. The van der Waals surface area contributed by atoms with E-state index in [1.54, 1.807) is 0 Å². The molecule has 1 saturated heterocycles. The van der Waals surface area contributed by atoms with E-state index in [0.717, 1.165) is 36.2 Å². The van der Waals surface area contributed by atoms with E-state index in [2.05, 4.69) is 62.0 Å². The average Bonchev–Trinajstić information content (AvgIpc) is 2.38. The maximum Gasteiger partial charge on any atom is 0.0734 e. The van der Waals surface area contributed by atoms with Crippen molar-refractivity contribution in [2.75, 3.05) is 38.1 Å². The second kappa shape index (κ2) is 4.86. The van der Waals surface area contributed by atoms with Crippen molar-refractivity contribution in [2.45, 2.75) is 0 Å². The highest BCUT2D eigenvalue weighted by atomic mass is 79.9. The molecule has 1 fully saturated rings. The van der Waals surface area contributed by atoms with E-state index < -0.39 is 0 Å². The summed E-state index contributed by atoms with van der Waals surface area (Å²) in [5.41, 5.74) is 2.36. The SMILES string of the molecule is CN1CCN(c2ccnc3cc(Br)ccc23)CC1. The summed E-state index contributed by atoms with van der Waals surface area (Å²) in [6.45, 7) is 4.43. The number of likely N-dealkylation sites (N-methyl/N-ethyl adjacent to an activating group) is 1. The average molecular weight is 306 g/mol. The lowest BCUT2D eigenvalue weighted by Gasteiger charge is -2.34. The Labute approximate surface area is 116 Å². The summed E-state index contributed by atoms with van der Waals surface area (Å²) in [7, 11) is 2.18. The summed E-state index contributed by atoms with van der Waals surface area (Å²) >= 11 is 3.50. The predicted octanol–water partition coefficient (Wildman–Crippen LogP) is 2.75. The van der Waals surface area contributed by atoms with Crippen LogP contribution in [-0.4, -0.2) is 43.1 Å². The number of piperazine rings is 1. The number of anilines is 1. The van der Waals surface area contributed by atoms with Crippen LogP contribution < -0.4 is 4.90 Å². The zero-order valence-corrected chi connectivity index (χ0v) is 12.0. The van der Waals surface area contributed by atoms with Gasteiger partial charge in [0.25, 0.3) is 0 Å². The molecule has 3 rings (SSSR count). The molecule has 0 N–H and O–H groups in total. The van der Waals surface area contributed by atoms with Crippen molar-refractivity contribution in [1.82, 2.24) is 9.88 Å². The molecule has 0 bridgehead atoms. The van der Waals surface area contributed by atoms with Crippen LogP contribution in [0.1, 0.15) is 0 Å². The molecule has 0 amide bonds. The van der Waals surface area contributed by atoms with Gasteiger partial charge in [-0.1, -0.05) is 15.9 Å². The Morgan fingerprint density at radius 2 is 1.89 bits per heavy atom. The molecule has 1 aromatic carbocycles. The summed E-state index contributed by atoms with van der Waals surface area (Å²) in [6, 6.07) is 8.44. The summed E-state index contributed by atoms with van der Waals surface area (Å²) in [4.78, 5) is 9.27. The Morgan fingerprint density at radius 1 is 1.11 bits per heavy atom. The van der Waals surface area contributed by atoms with Gasteiger partial charge < -0.3 is 9.80 Å². The van der Waals surface area contributed by atoms with E-state index in [1.165, 1.54) is 11.1 Å². The van der Waals surface area contributed by atoms with Crippen molar-refractivity contribution < 1.29 is 0 Å². The van der Waals surface area contributed by atoms with Gasteiger partial charge in [-0.25, -0.2) is 0 Å². The van der Waals surface area contributed by atoms with Gasteiger partial charge in [0.15, 0.2) is 0 Å². The minimum atomic E-state index is 1.06. The van der Waals surface area contributed by atoms with Crippen LogP contribution in [0.25, 0.3) is 10.9 Å². The van der Waals surface area contributed by atoms with Gasteiger partial charge in [0, 0.05) is 47.9 Å². The molecule has 1 aromatic heterocycles. The van der Waals surface area contributed by atoms with Crippen LogP contribution in [-0.2, 0) is 0 Å². The van der Waals surface area contributed by atoms with E-state index in [4.69, 9.17) is 0 Å². The lowest BCUT2D eigenvalue weighted by Crippen LogP contribution is -2.44. The van der Waals surface area contributed by atoms with Crippen LogP contribution in [0.15, 0.2) is 34.9 Å². The van der Waals surface area contributed by atoms with Crippen molar-refractivity contribution in [3.63, 3.8) is 0 Å². The third-order valence-electron chi connectivity index (χ3n) is 3.53. The van der Waals surface area contributed by atoms with Gasteiger partial charge in [0.05, 0.1) is 5.52 Å². The molecule has 0 atom stereocenters. The normalized spacial score (nSPS) is 17.3. The van der Waals surface area contributed by atoms with Crippen LogP contribution in [0.2, 0.25) is 0 Å². The fourth-order valence-electron chi connectivity index (χ4n) is 2.43. The summed E-state index contributed by atoms with van der Waals surface area (Å²) in [5, 5.41) is 1.24. The zero-order valence-electron chi connectivity index (χ0n) is 10.4. The number of fused-ring (bicyclic) bond motifs is 1. The first-order chi connectivity index (χ1) is 8.74. The Kier molecular flexibility index (Phi) is 3.22. The van der Waals surface area contributed by atoms with E-state index in [0.29, 0.717) is 0 Å². The van der Waals surface area contributed by atoms with Gasteiger partial charge in [-0.3, -0.25) is 4.98 Å². The minimum Gasteiger partial charge on any atom is -0.368 e. The van der Waals surface area contributed by atoms with Crippen LogP contribution in [0.4, 0.5) is 5.69 Å². The highest BCUT2D eigenvalue weighted by Gasteiger charge is 2.16. The number of hydrogen-bond acceptors (Lipinski definition) is 3. The molecule has 0 radical (unpaired) electrons. The van der Waals surface area contributed by atoms with Crippen LogP contribution in [0, 0.1) is 0 Å². The van der Waals surface area contributed by atoms with Gasteiger partial charge in [0.1, 0.15) is 0 Å². The van der Waals surface area contributed by atoms with Gasteiger partial charge in [-0.05, 0) is 31.3 Å². The molecule has 0 saturated carbocycles. The zero-order chi connectivity index (χ0) is 12.5. The fourth-order valence-corrected chi connectivity index (χ4v) is 2.78. The first-order valence-electron chi connectivity index (χ1n) is 6.22. The standard InChI is InChI=1S/C14H16BrN3/c1-17-6-8-18(9-7-17)14-4-5-16-13-10-11(15)2-3-12(13)14/h2-5,10H,6-9H2,1H3. The molecule has 18 heavy (non-hydrogen) atoms. The van der Waals surface area contributed by atoms with Crippen molar-refractivity contribution >= 4 is 32.5 Å². The van der Waals surface area contributed by atoms with E-state index in [1.807, 2.05) is 6.20 Å². The quantitative estimate of drug-likeness (QED) is 0.807. The van der Waals surface area contributed by atoms with Gasteiger partial charge in [-0.2, -0.15) is 0 Å². The Balaban J connectivity index is 2.01. The van der Waals surface area contributed by atoms with Crippen LogP contribution >= 0.6 is 15.9 Å². The topological polar surface area (TPSA) is 19.4 Å². The van der Waals surface area contributed by atoms with Crippen molar-refractivity contribution in [3.8, 4) is 0 Å². The molecular formula is C14H16BrN3. The smallest absolute Gasteiger partial charge is 0.0734 e. The molecule has 2 heterocycles. The molecule has 1 aliphatic heterocycles. The monoisotopic (exact) mass is 305 g/mol. The second-order valence-electron chi connectivity index (χ2n) is 4.78. The number of pyridine rings is 1. The largest absolute Gasteiger partial charge is 0.368 e. The fraction of sp³-hybridized carbons (Fsp3) is 0.357. The lowest BCUT2D eigenvalue weighted by atomic mass is 10.1. The lowest BCUT2D eigenvalue weighted by molar-refractivity contribution is 0.313. The molecular weight excluding hydrogens is 290 g/mol. The molecule has 0 unspecified atom stereocenters. The highest BCUT2D eigenvalue weighted by molar-refractivity contribution is 9.10. The third kappa shape index (κ3) is 2.22. The highest BCUT2D eigenvalue weighted by Crippen LogP contribution is 2.28. The van der Waals surface area contributed by atoms with Gasteiger partial charge in [-0.15, -0.1) is 0 Å². The van der Waals surface area contributed by atoms with Crippen LogP contribution in [0.3, 0.4) is 0 Å². The predicted molar refractivity (Wildman–Crippen MR) is 79.2 cm³/mol. The Bertz CT molecular complexity index is 562. The maximum atomic E-state index is 4.45. The number of benzene rings is 1. The number of rotatable bonds is 1. The molecule has 3 nitrogen and oxygen atoms in total. The second-order valence-corrected chi connectivity index (χ2v) is 5.70. The van der Waals surface area contributed by atoms with Gasteiger partial charge in [0.2, 0.25) is 0 Å². The maximum absolute atomic E-state index is 4.45. The van der Waals surface area contributed by atoms with Crippen molar-refractivity contribution in [3.05, 3.63) is 34.9 Å². The van der Waals surface area contributed by atoms with E-state index in [-0.39, 0.29) is 0 Å².